The molecular formula is C16H23NO4. The van der Waals surface area contributed by atoms with E-state index in [0.29, 0.717) is 12.3 Å². The van der Waals surface area contributed by atoms with Crippen molar-refractivity contribution in [2.24, 2.45) is 5.92 Å². The summed E-state index contributed by atoms with van der Waals surface area (Å²) in [6.45, 7) is 4.18. The van der Waals surface area contributed by atoms with Gasteiger partial charge >= 0.3 is 12.1 Å². The maximum atomic E-state index is 12.0. The smallest absolute Gasteiger partial charge is 0.410 e. The Labute approximate surface area is 125 Å². The predicted molar refractivity (Wildman–Crippen MR) is 79.9 cm³/mol. The number of carboxylic acid groups (broad SMARTS) is 1. The van der Waals surface area contributed by atoms with Crippen LogP contribution >= 0.6 is 0 Å². The number of nitrogens with zero attached hydrogens (tertiary/aromatic N) is 1. The van der Waals surface area contributed by atoms with Crippen LogP contribution in [0.3, 0.4) is 0 Å². The maximum absolute atomic E-state index is 12.0. The van der Waals surface area contributed by atoms with Crippen molar-refractivity contribution in [2.75, 3.05) is 7.05 Å². The van der Waals surface area contributed by atoms with Crippen LogP contribution in [-0.4, -0.2) is 35.2 Å². The first-order chi connectivity index (χ1) is 9.90. The van der Waals surface area contributed by atoms with Crippen LogP contribution in [0.15, 0.2) is 30.3 Å². The average molecular weight is 293 g/mol. The van der Waals surface area contributed by atoms with Gasteiger partial charge in [-0.15, -0.1) is 0 Å². The van der Waals surface area contributed by atoms with Crippen molar-refractivity contribution in [3.05, 3.63) is 35.9 Å². The molecule has 5 nitrogen and oxygen atoms in total. The molecule has 0 aliphatic carbocycles. The molecule has 0 aliphatic rings. The molecule has 1 aromatic carbocycles. The summed E-state index contributed by atoms with van der Waals surface area (Å²) in [5.74, 6) is -0.609. The van der Waals surface area contributed by atoms with Crippen LogP contribution in [0.1, 0.15) is 32.3 Å². The molecule has 0 aliphatic heterocycles. The Hall–Kier alpha value is -2.04. The third-order valence-electron chi connectivity index (χ3n) is 3.19. The van der Waals surface area contributed by atoms with Crippen LogP contribution in [0.5, 0.6) is 0 Å². The Balaban J connectivity index is 2.58. The first-order valence-corrected chi connectivity index (χ1v) is 7.05. The first-order valence-electron chi connectivity index (χ1n) is 7.05. The highest BCUT2D eigenvalue weighted by Gasteiger charge is 2.24. The predicted octanol–water partition coefficient (Wildman–Crippen LogP) is 3.14. The summed E-state index contributed by atoms with van der Waals surface area (Å²) in [6, 6.07) is 9.03. The molecule has 21 heavy (non-hydrogen) atoms. The Morgan fingerprint density at radius 3 is 2.38 bits per heavy atom. The SMILES string of the molecule is CC(C)C[C@@H](CC(=O)O)N(C)C(=O)OCc1ccccc1. The molecule has 1 rings (SSSR count). The summed E-state index contributed by atoms with van der Waals surface area (Å²) in [4.78, 5) is 24.3. The molecule has 1 amide bonds. The van der Waals surface area contributed by atoms with Gasteiger partial charge in [-0.2, -0.15) is 0 Å². The molecular weight excluding hydrogens is 270 g/mol. The maximum Gasteiger partial charge on any atom is 0.410 e. The van der Waals surface area contributed by atoms with Crippen molar-refractivity contribution < 1.29 is 19.4 Å². The summed E-state index contributed by atoms with van der Waals surface area (Å²) in [5, 5.41) is 8.96. The van der Waals surface area contributed by atoms with Crippen LogP contribution in [0.25, 0.3) is 0 Å². The second-order valence-corrected chi connectivity index (χ2v) is 5.53. The van der Waals surface area contributed by atoms with E-state index in [9.17, 15) is 9.59 Å². The summed E-state index contributed by atoms with van der Waals surface area (Å²) in [6.07, 6.45) is 0.0592. The zero-order valence-electron chi connectivity index (χ0n) is 12.8. The van der Waals surface area contributed by atoms with Crippen LogP contribution in [0, 0.1) is 5.92 Å². The van der Waals surface area contributed by atoms with Crippen molar-refractivity contribution in [1.29, 1.82) is 0 Å². The monoisotopic (exact) mass is 293 g/mol. The fourth-order valence-electron chi connectivity index (χ4n) is 2.09. The van der Waals surface area contributed by atoms with Crippen molar-refractivity contribution in [1.82, 2.24) is 4.90 Å². The molecule has 1 aromatic rings. The Bertz CT molecular complexity index is 459. The van der Waals surface area contributed by atoms with Crippen molar-refractivity contribution in [3.63, 3.8) is 0 Å². The van der Waals surface area contributed by atoms with E-state index < -0.39 is 12.1 Å². The Kier molecular flexibility index (Phi) is 6.72. The average Bonchev–Trinajstić information content (AvgIpc) is 2.43. The summed E-state index contributed by atoms with van der Waals surface area (Å²) in [5.41, 5.74) is 0.901. The Morgan fingerprint density at radius 2 is 1.86 bits per heavy atom. The van der Waals surface area contributed by atoms with E-state index in [1.807, 2.05) is 44.2 Å². The van der Waals surface area contributed by atoms with Gasteiger partial charge in [0.25, 0.3) is 0 Å². The van der Waals surface area contributed by atoms with Crippen LogP contribution in [-0.2, 0) is 16.1 Å². The zero-order valence-corrected chi connectivity index (χ0v) is 12.8. The third-order valence-corrected chi connectivity index (χ3v) is 3.19. The number of amides is 1. The molecule has 0 radical (unpaired) electrons. The lowest BCUT2D eigenvalue weighted by molar-refractivity contribution is -0.138. The van der Waals surface area contributed by atoms with E-state index in [1.165, 1.54) is 4.90 Å². The van der Waals surface area contributed by atoms with Gasteiger partial charge in [0.1, 0.15) is 6.61 Å². The number of benzene rings is 1. The largest absolute Gasteiger partial charge is 0.481 e. The number of rotatable bonds is 7. The van der Waals surface area contributed by atoms with Gasteiger partial charge in [-0.3, -0.25) is 4.79 Å². The number of ether oxygens (including phenoxy) is 1. The van der Waals surface area contributed by atoms with Crippen molar-refractivity contribution in [2.45, 2.75) is 39.3 Å². The van der Waals surface area contributed by atoms with Gasteiger partial charge in [-0.1, -0.05) is 44.2 Å². The van der Waals surface area contributed by atoms with Gasteiger partial charge in [-0.25, -0.2) is 4.79 Å². The minimum absolute atomic E-state index is 0.0743. The molecule has 1 atom stereocenters. The van der Waals surface area contributed by atoms with Crippen molar-refractivity contribution >= 4 is 12.1 Å². The molecule has 0 saturated heterocycles. The van der Waals surface area contributed by atoms with Crippen molar-refractivity contribution in [3.8, 4) is 0 Å². The van der Waals surface area contributed by atoms with E-state index in [0.717, 1.165) is 5.56 Å². The molecule has 0 spiro atoms. The quantitative estimate of drug-likeness (QED) is 0.838. The fourth-order valence-corrected chi connectivity index (χ4v) is 2.09. The van der Waals surface area contributed by atoms with E-state index in [1.54, 1.807) is 7.05 Å². The molecule has 0 bridgehead atoms. The molecule has 1 N–H and O–H groups in total. The minimum Gasteiger partial charge on any atom is -0.481 e. The van der Waals surface area contributed by atoms with Gasteiger partial charge in [0.2, 0.25) is 0 Å². The van der Waals surface area contributed by atoms with Crippen LogP contribution in [0.4, 0.5) is 4.79 Å². The van der Waals surface area contributed by atoms with Crippen LogP contribution < -0.4 is 0 Å². The molecule has 5 heteroatoms. The number of aliphatic carboxylic acids is 1. The Morgan fingerprint density at radius 1 is 1.24 bits per heavy atom. The standard InChI is InChI=1S/C16H23NO4/c1-12(2)9-14(10-15(18)19)17(3)16(20)21-11-13-7-5-4-6-8-13/h4-8,12,14H,9-11H2,1-3H3,(H,18,19)/t14-/m0/s1. The number of hydrogen-bond donors (Lipinski definition) is 1. The molecule has 116 valence electrons. The van der Waals surface area contributed by atoms with Crippen LogP contribution in [0.2, 0.25) is 0 Å². The molecule has 0 heterocycles. The minimum atomic E-state index is -0.914. The highest BCUT2D eigenvalue weighted by molar-refractivity contribution is 5.71. The number of carbonyl (C=O) groups excluding carboxylic acids is 1. The molecule has 0 fully saturated rings. The first kappa shape index (κ1) is 17.0. The van der Waals surface area contributed by atoms with Gasteiger partial charge in [0.15, 0.2) is 0 Å². The van der Waals surface area contributed by atoms with Gasteiger partial charge in [0.05, 0.1) is 6.42 Å². The summed E-state index contributed by atoms with van der Waals surface area (Å²) < 4.78 is 5.23. The number of hydrogen-bond acceptors (Lipinski definition) is 3. The highest BCUT2D eigenvalue weighted by atomic mass is 16.6. The zero-order chi connectivity index (χ0) is 15.8. The lowest BCUT2D eigenvalue weighted by Gasteiger charge is -2.27. The normalized spacial score (nSPS) is 12.0. The second-order valence-electron chi connectivity index (χ2n) is 5.53. The molecule has 0 unspecified atom stereocenters. The van der Waals surface area contributed by atoms with Gasteiger partial charge < -0.3 is 14.7 Å². The third kappa shape index (κ3) is 6.29. The number of carbonyl (C=O) groups is 2. The van der Waals surface area contributed by atoms with E-state index in [2.05, 4.69) is 0 Å². The van der Waals surface area contributed by atoms with E-state index >= 15 is 0 Å². The summed E-state index contributed by atoms with van der Waals surface area (Å²) in [7, 11) is 1.59. The lowest BCUT2D eigenvalue weighted by atomic mass is 10.0. The van der Waals surface area contributed by atoms with E-state index in [4.69, 9.17) is 9.84 Å². The second kappa shape index (κ2) is 8.29. The molecule has 0 aromatic heterocycles. The van der Waals surface area contributed by atoms with E-state index in [-0.39, 0.29) is 19.1 Å². The topological polar surface area (TPSA) is 66.8 Å². The van der Waals surface area contributed by atoms with Gasteiger partial charge in [-0.05, 0) is 17.9 Å². The highest BCUT2D eigenvalue weighted by Crippen LogP contribution is 2.15. The van der Waals surface area contributed by atoms with Gasteiger partial charge in [0, 0.05) is 13.1 Å². The summed E-state index contributed by atoms with van der Waals surface area (Å²) >= 11 is 0. The molecule has 0 saturated carbocycles. The number of carboxylic acids is 1. The lowest BCUT2D eigenvalue weighted by Crippen LogP contribution is -2.39. The fraction of sp³-hybridized carbons (Fsp3) is 0.500.